The lowest BCUT2D eigenvalue weighted by Gasteiger charge is -2.13. The topological polar surface area (TPSA) is 88.0 Å². The van der Waals surface area contributed by atoms with E-state index in [4.69, 9.17) is 14.6 Å². The van der Waals surface area contributed by atoms with Gasteiger partial charge in [0.25, 0.3) is 5.91 Å². The molecule has 0 radical (unpaired) electrons. The van der Waals surface area contributed by atoms with Crippen LogP contribution in [0.15, 0.2) is 24.3 Å². The molecule has 1 aromatic carbocycles. The second-order valence-electron chi connectivity index (χ2n) is 5.21. The number of ether oxygens (including phenoxy) is 2. The minimum Gasteiger partial charge on any atom is -0.497 e. The average Bonchev–Trinajstić information content (AvgIpc) is 2.85. The highest BCUT2D eigenvalue weighted by atomic mass is 16.5. The first-order valence-corrected chi connectivity index (χ1v) is 6.97. The predicted molar refractivity (Wildman–Crippen MR) is 76.2 cm³/mol. The summed E-state index contributed by atoms with van der Waals surface area (Å²) < 4.78 is 10.5. The van der Waals surface area contributed by atoms with Gasteiger partial charge in [-0.3, -0.25) is 4.79 Å². The molecule has 1 aromatic rings. The SMILES string of the molecule is COc1cccc(OCC(=O)N[C@@H]2C[C@@H](CO)[C@H](O)C2)c1. The number of aliphatic hydroxyl groups is 2. The summed E-state index contributed by atoms with van der Waals surface area (Å²) in [6, 6.07) is 6.91. The van der Waals surface area contributed by atoms with E-state index in [1.54, 1.807) is 31.4 Å². The van der Waals surface area contributed by atoms with Crippen LogP contribution in [-0.4, -0.2) is 48.6 Å². The lowest BCUT2D eigenvalue weighted by atomic mass is 10.1. The monoisotopic (exact) mass is 295 g/mol. The van der Waals surface area contributed by atoms with Crippen molar-refractivity contribution in [1.82, 2.24) is 5.32 Å². The van der Waals surface area contributed by atoms with Crippen molar-refractivity contribution in [2.75, 3.05) is 20.3 Å². The van der Waals surface area contributed by atoms with Crippen LogP contribution < -0.4 is 14.8 Å². The van der Waals surface area contributed by atoms with Crippen LogP contribution in [0.2, 0.25) is 0 Å². The fourth-order valence-electron chi connectivity index (χ4n) is 2.53. The van der Waals surface area contributed by atoms with Gasteiger partial charge in [-0.25, -0.2) is 0 Å². The second kappa shape index (κ2) is 7.28. The van der Waals surface area contributed by atoms with Crippen LogP contribution in [0.5, 0.6) is 11.5 Å². The summed E-state index contributed by atoms with van der Waals surface area (Å²) in [5.41, 5.74) is 0. The molecule has 1 amide bonds. The fraction of sp³-hybridized carbons (Fsp3) is 0.533. The van der Waals surface area contributed by atoms with E-state index in [0.717, 1.165) is 0 Å². The molecular formula is C15H21NO5. The standard InChI is InChI=1S/C15H21NO5/c1-20-12-3-2-4-13(7-12)21-9-15(19)16-11-5-10(8-17)14(18)6-11/h2-4,7,10-11,14,17-18H,5-6,8-9H2,1H3,(H,16,19)/t10-,11+,14+/m0/s1. The Hall–Kier alpha value is -1.79. The summed E-state index contributed by atoms with van der Waals surface area (Å²) in [7, 11) is 1.56. The smallest absolute Gasteiger partial charge is 0.258 e. The van der Waals surface area contributed by atoms with Gasteiger partial charge in [-0.1, -0.05) is 6.07 Å². The van der Waals surface area contributed by atoms with Crippen molar-refractivity contribution in [2.24, 2.45) is 5.92 Å². The first-order valence-electron chi connectivity index (χ1n) is 6.97. The summed E-state index contributed by atoms with van der Waals surface area (Å²) in [6.45, 7) is -0.155. The predicted octanol–water partition coefficient (Wildman–Crippen LogP) is 0.322. The molecular weight excluding hydrogens is 274 g/mol. The van der Waals surface area contributed by atoms with Crippen molar-refractivity contribution >= 4 is 5.91 Å². The van der Waals surface area contributed by atoms with Gasteiger partial charge in [0, 0.05) is 24.6 Å². The number of carbonyl (C=O) groups is 1. The summed E-state index contributed by atoms with van der Waals surface area (Å²) in [5.74, 6) is 0.824. The third-order valence-corrected chi connectivity index (χ3v) is 3.67. The van der Waals surface area contributed by atoms with Crippen LogP contribution in [0.1, 0.15) is 12.8 Å². The summed E-state index contributed by atoms with van der Waals surface area (Å²) in [4.78, 5) is 11.8. The largest absolute Gasteiger partial charge is 0.497 e. The molecule has 0 unspecified atom stereocenters. The highest BCUT2D eigenvalue weighted by Crippen LogP contribution is 2.25. The lowest BCUT2D eigenvalue weighted by Crippen LogP contribution is -2.36. The minimum atomic E-state index is -0.556. The van der Waals surface area contributed by atoms with Crippen LogP contribution >= 0.6 is 0 Å². The highest BCUT2D eigenvalue weighted by molar-refractivity contribution is 5.77. The molecule has 2 rings (SSSR count). The van der Waals surface area contributed by atoms with Gasteiger partial charge in [0.05, 0.1) is 13.2 Å². The average molecular weight is 295 g/mol. The zero-order valence-corrected chi connectivity index (χ0v) is 12.0. The molecule has 3 N–H and O–H groups in total. The van der Waals surface area contributed by atoms with Crippen molar-refractivity contribution in [3.8, 4) is 11.5 Å². The molecule has 1 aliphatic rings. The van der Waals surface area contributed by atoms with Gasteiger partial charge in [0.2, 0.25) is 0 Å². The molecule has 0 saturated heterocycles. The Bertz CT molecular complexity index is 479. The normalized spacial score (nSPS) is 24.6. The fourth-order valence-corrected chi connectivity index (χ4v) is 2.53. The molecule has 1 aliphatic carbocycles. The number of benzene rings is 1. The molecule has 1 fully saturated rings. The molecule has 0 heterocycles. The van der Waals surface area contributed by atoms with E-state index in [1.165, 1.54) is 0 Å². The van der Waals surface area contributed by atoms with Gasteiger partial charge < -0.3 is 25.0 Å². The third-order valence-electron chi connectivity index (χ3n) is 3.67. The minimum absolute atomic E-state index is 0.0617. The summed E-state index contributed by atoms with van der Waals surface area (Å²) in [5, 5.41) is 21.6. The van der Waals surface area contributed by atoms with E-state index in [1.807, 2.05) is 0 Å². The quantitative estimate of drug-likeness (QED) is 0.703. The first-order chi connectivity index (χ1) is 10.1. The number of carbonyl (C=O) groups excluding carboxylic acids is 1. The van der Waals surface area contributed by atoms with E-state index in [-0.39, 0.29) is 31.1 Å². The van der Waals surface area contributed by atoms with E-state index >= 15 is 0 Å². The Morgan fingerprint density at radius 1 is 1.38 bits per heavy atom. The molecule has 0 spiro atoms. The number of methoxy groups -OCH3 is 1. The van der Waals surface area contributed by atoms with Gasteiger partial charge in [0.1, 0.15) is 11.5 Å². The Morgan fingerprint density at radius 2 is 2.14 bits per heavy atom. The van der Waals surface area contributed by atoms with Crippen molar-refractivity contribution < 1.29 is 24.5 Å². The molecule has 3 atom stereocenters. The van der Waals surface area contributed by atoms with E-state index in [0.29, 0.717) is 24.3 Å². The molecule has 0 aromatic heterocycles. The Morgan fingerprint density at radius 3 is 2.81 bits per heavy atom. The van der Waals surface area contributed by atoms with E-state index in [9.17, 15) is 9.90 Å². The maximum atomic E-state index is 11.8. The van der Waals surface area contributed by atoms with Crippen molar-refractivity contribution in [1.29, 1.82) is 0 Å². The maximum Gasteiger partial charge on any atom is 0.258 e. The molecule has 116 valence electrons. The maximum absolute atomic E-state index is 11.8. The second-order valence-corrected chi connectivity index (χ2v) is 5.21. The molecule has 0 bridgehead atoms. The Balaban J connectivity index is 1.77. The number of aliphatic hydroxyl groups excluding tert-OH is 2. The number of nitrogens with one attached hydrogen (secondary N) is 1. The van der Waals surface area contributed by atoms with Gasteiger partial charge in [-0.2, -0.15) is 0 Å². The van der Waals surface area contributed by atoms with E-state index < -0.39 is 6.10 Å². The van der Waals surface area contributed by atoms with Crippen LogP contribution in [0.25, 0.3) is 0 Å². The van der Waals surface area contributed by atoms with Crippen LogP contribution in [0.4, 0.5) is 0 Å². The Labute approximate surface area is 123 Å². The Kier molecular flexibility index (Phi) is 5.41. The number of amides is 1. The lowest BCUT2D eigenvalue weighted by molar-refractivity contribution is -0.123. The number of hydrogen-bond donors (Lipinski definition) is 3. The first kappa shape index (κ1) is 15.6. The number of rotatable bonds is 6. The van der Waals surface area contributed by atoms with Crippen molar-refractivity contribution in [2.45, 2.75) is 25.0 Å². The number of hydrogen-bond acceptors (Lipinski definition) is 5. The third kappa shape index (κ3) is 4.34. The van der Waals surface area contributed by atoms with Crippen LogP contribution in [0, 0.1) is 5.92 Å². The zero-order chi connectivity index (χ0) is 15.2. The van der Waals surface area contributed by atoms with Crippen LogP contribution in [0.3, 0.4) is 0 Å². The molecule has 0 aliphatic heterocycles. The van der Waals surface area contributed by atoms with Gasteiger partial charge in [0.15, 0.2) is 6.61 Å². The molecule has 21 heavy (non-hydrogen) atoms. The van der Waals surface area contributed by atoms with Gasteiger partial charge in [-0.15, -0.1) is 0 Å². The van der Waals surface area contributed by atoms with E-state index in [2.05, 4.69) is 5.32 Å². The molecule has 1 saturated carbocycles. The van der Waals surface area contributed by atoms with Crippen molar-refractivity contribution in [3.63, 3.8) is 0 Å². The molecule has 6 heteroatoms. The molecule has 6 nitrogen and oxygen atoms in total. The zero-order valence-electron chi connectivity index (χ0n) is 12.0. The van der Waals surface area contributed by atoms with Crippen molar-refractivity contribution in [3.05, 3.63) is 24.3 Å². The van der Waals surface area contributed by atoms with Crippen LogP contribution in [-0.2, 0) is 4.79 Å². The highest BCUT2D eigenvalue weighted by Gasteiger charge is 2.33. The van der Waals surface area contributed by atoms with Gasteiger partial charge >= 0.3 is 0 Å². The van der Waals surface area contributed by atoms with Gasteiger partial charge in [-0.05, 0) is 25.0 Å². The summed E-state index contributed by atoms with van der Waals surface area (Å²) >= 11 is 0. The summed E-state index contributed by atoms with van der Waals surface area (Å²) in [6.07, 6.45) is 0.498.